The van der Waals surface area contributed by atoms with Crippen LogP contribution in [0.5, 0.6) is 5.75 Å². The summed E-state index contributed by atoms with van der Waals surface area (Å²) >= 11 is 0. The molecular formula is C27H41N3O6. The lowest BCUT2D eigenvalue weighted by atomic mass is 9.94. The fraction of sp³-hybridized carbons (Fsp3) is 0.630. The van der Waals surface area contributed by atoms with Crippen molar-refractivity contribution in [2.45, 2.75) is 97.4 Å². The van der Waals surface area contributed by atoms with E-state index < -0.39 is 47.9 Å². The second-order valence-electron chi connectivity index (χ2n) is 9.89. The van der Waals surface area contributed by atoms with Gasteiger partial charge in [0.05, 0.1) is 6.42 Å². The Bertz CT molecular complexity index is 903. The number of ether oxygens (including phenoxy) is 1. The summed E-state index contributed by atoms with van der Waals surface area (Å²) in [5.74, 6) is -2.19. The van der Waals surface area contributed by atoms with Crippen molar-refractivity contribution in [2.75, 3.05) is 0 Å². The number of phenolic OH excluding ortho intramolecular Hbond substituents is 1. The van der Waals surface area contributed by atoms with Crippen molar-refractivity contribution < 1.29 is 29.0 Å². The minimum absolute atomic E-state index is 0.0821. The average molecular weight is 504 g/mol. The summed E-state index contributed by atoms with van der Waals surface area (Å²) < 4.78 is 5.86. The molecule has 4 N–H and O–H groups in total. The standard InChI is InChI=1S/C27H41N3O6/c1-6-8-9-17(4)22-15-23(32)29-21(14-19-10-12-20(31)13-11-19)26(34)28-18(5)25(33)30-24(16(3)7-2)27(35)36-22/h10-13,16-18,21-22,24,31H,6-9,14-15H2,1-5H3,(H,28,34)(H,29,32)(H,30,33)/t16-,17-,18-,21-,22-,24+/m0/s1. The zero-order valence-corrected chi connectivity index (χ0v) is 22.0. The molecule has 0 bridgehead atoms. The third-order valence-electron chi connectivity index (χ3n) is 6.85. The van der Waals surface area contributed by atoms with Crippen LogP contribution in [0, 0.1) is 11.8 Å². The second-order valence-corrected chi connectivity index (χ2v) is 9.89. The van der Waals surface area contributed by atoms with E-state index in [1.54, 1.807) is 12.1 Å². The molecule has 0 spiro atoms. The monoisotopic (exact) mass is 503 g/mol. The minimum Gasteiger partial charge on any atom is -0.508 e. The Morgan fingerprint density at radius 2 is 1.64 bits per heavy atom. The number of amides is 3. The molecule has 1 aromatic carbocycles. The van der Waals surface area contributed by atoms with Gasteiger partial charge in [-0.05, 0) is 42.9 Å². The summed E-state index contributed by atoms with van der Waals surface area (Å²) in [5, 5.41) is 17.7. The van der Waals surface area contributed by atoms with Crippen LogP contribution < -0.4 is 16.0 Å². The maximum Gasteiger partial charge on any atom is 0.329 e. The smallest absolute Gasteiger partial charge is 0.329 e. The number of carbonyl (C=O) groups excluding carboxylic acids is 4. The molecule has 9 heteroatoms. The topological polar surface area (TPSA) is 134 Å². The SMILES string of the molecule is CCCC[C@H](C)[C@@H]1CC(=O)N[C@@H](Cc2ccc(O)cc2)C(=O)N[C@@H](C)C(=O)N[C@H]([C@@H](C)CC)C(=O)O1. The molecule has 1 fully saturated rings. The van der Waals surface area contributed by atoms with Crippen LogP contribution in [0.15, 0.2) is 24.3 Å². The maximum absolute atomic E-state index is 13.2. The molecule has 3 amide bonds. The Kier molecular flexibility index (Phi) is 11.2. The summed E-state index contributed by atoms with van der Waals surface area (Å²) in [6.45, 7) is 9.31. The normalized spacial score (nSPS) is 25.7. The summed E-state index contributed by atoms with van der Waals surface area (Å²) in [7, 11) is 0. The summed E-state index contributed by atoms with van der Waals surface area (Å²) in [4.78, 5) is 52.3. The fourth-order valence-corrected chi connectivity index (χ4v) is 4.13. The van der Waals surface area contributed by atoms with Crippen LogP contribution in [0.1, 0.15) is 72.3 Å². The van der Waals surface area contributed by atoms with Crippen molar-refractivity contribution in [3.05, 3.63) is 29.8 Å². The first-order valence-corrected chi connectivity index (χ1v) is 12.9. The minimum atomic E-state index is -0.953. The third kappa shape index (κ3) is 8.53. The maximum atomic E-state index is 13.2. The van der Waals surface area contributed by atoms with Gasteiger partial charge < -0.3 is 25.8 Å². The molecule has 200 valence electrons. The van der Waals surface area contributed by atoms with E-state index >= 15 is 0 Å². The number of hydrogen-bond acceptors (Lipinski definition) is 6. The van der Waals surface area contributed by atoms with E-state index in [0.29, 0.717) is 6.42 Å². The molecular weight excluding hydrogens is 462 g/mol. The molecule has 0 radical (unpaired) electrons. The van der Waals surface area contributed by atoms with Gasteiger partial charge in [0, 0.05) is 6.42 Å². The quantitative estimate of drug-likeness (QED) is 0.403. The lowest BCUT2D eigenvalue weighted by molar-refractivity contribution is -0.158. The highest BCUT2D eigenvalue weighted by Gasteiger charge is 2.35. The summed E-state index contributed by atoms with van der Waals surface area (Å²) in [5.41, 5.74) is 0.728. The van der Waals surface area contributed by atoms with Crippen molar-refractivity contribution in [1.29, 1.82) is 0 Å². The number of cyclic esters (lactones) is 1. The number of aromatic hydroxyl groups is 1. The number of carbonyl (C=O) groups is 4. The number of esters is 1. The molecule has 1 aliphatic heterocycles. The zero-order valence-electron chi connectivity index (χ0n) is 22.0. The summed E-state index contributed by atoms with van der Waals surface area (Å²) in [6, 6.07) is 3.57. The molecule has 0 saturated carbocycles. The van der Waals surface area contributed by atoms with Crippen LogP contribution in [0.2, 0.25) is 0 Å². The van der Waals surface area contributed by atoms with Crippen molar-refractivity contribution in [1.82, 2.24) is 16.0 Å². The van der Waals surface area contributed by atoms with Gasteiger partial charge >= 0.3 is 5.97 Å². The number of benzene rings is 1. The Morgan fingerprint density at radius 1 is 0.972 bits per heavy atom. The predicted molar refractivity (Wildman–Crippen MR) is 136 cm³/mol. The number of phenols is 1. The van der Waals surface area contributed by atoms with Gasteiger partial charge in [0.2, 0.25) is 17.7 Å². The van der Waals surface area contributed by atoms with Gasteiger partial charge in [-0.3, -0.25) is 14.4 Å². The fourth-order valence-electron chi connectivity index (χ4n) is 4.13. The van der Waals surface area contributed by atoms with Gasteiger partial charge in [-0.25, -0.2) is 4.79 Å². The third-order valence-corrected chi connectivity index (χ3v) is 6.85. The highest BCUT2D eigenvalue weighted by Crippen LogP contribution is 2.21. The lowest BCUT2D eigenvalue weighted by Gasteiger charge is -2.29. The van der Waals surface area contributed by atoms with E-state index in [0.717, 1.165) is 24.8 Å². The molecule has 9 nitrogen and oxygen atoms in total. The Morgan fingerprint density at radius 3 is 2.25 bits per heavy atom. The number of unbranched alkanes of at least 4 members (excludes halogenated alkanes) is 1. The molecule has 0 unspecified atom stereocenters. The van der Waals surface area contributed by atoms with Gasteiger partial charge in [0.15, 0.2) is 0 Å². The van der Waals surface area contributed by atoms with Crippen molar-refractivity contribution in [3.63, 3.8) is 0 Å². The number of hydrogen-bond donors (Lipinski definition) is 4. The average Bonchev–Trinajstić information content (AvgIpc) is 2.85. The van der Waals surface area contributed by atoms with E-state index in [9.17, 15) is 24.3 Å². The second kappa shape index (κ2) is 13.8. The Labute approximate surface area is 213 Å². The Hall–Kier alpha value is -3.10. The van der Waals surface area contributed by atoms with E-state index in [4.69, 9.17) is 4.74 Å². The first-order chi connectivity index (χ1) is 17.0. The lowest BCUT2D eigenvalue weighted by Crippen LogP contribution is -2.55. The molecule has 1 saturated heterocycles. The van der Waals surface area contributed by atoms with Crippen LogP contribution in [0.3, 0.4) is 0 Å². The largest absolute Gasteiger partial charge is 0.508 e. The van der Waals surface area contributed by atoms with Crippen LogP contribution in [0.25, 0.3) is 0 Å². The summed E-state index contributed by atoms with van der Waals surface area (Å²) in [6.07, 6.45) is 2.68. The highest BCUT2D eigenvalue weighted by molar-refractivity contribution is 5.94. The van der Waals surface area contributed by atoms with Crippen molar-refractivity contribution in [3.8, 4) is 5.75 Å². The molecule has 0 aromatic heterocycles. The van der Waals surface area contributed by atoms with E-state index in [1.807, 2.05) is 20.8 Å². The molecule has 6 atom stereocenters. The first kappa shape index (κ1) is 29.1. The molecule has 36 heavy (non-hydrogen) atoms. The highest BCUT2D eigenvalue weighted by atomic mass is 16.5. The van der Waals surface area contributed by atoms with E-state index in [2.05, 4.69) is 22.9 Å². The van der Waals surface area contributed by atoms with Gasteiger partial charge in [0.1, 0.15) is 30.0 Å². The van der Waals surface area contributed by atoms with Gasteiger partial charge in [-0.2, -0.15) is 0 Å². The van der Waals surface area contributed by atoms with Crippen LogP contribution in [0.4, 0.5) is 0 Å². The molecule has 2 rings (SSSR count). The van der Waals surface area contributed by atoms with Crippen LogP contribution in [-0.2, 0) is 30.3 Å². The van der Waals surface area contributed by atoms with Gasteiger partial charge in [-0.15, -0.1) is 0 Å². The predicted octanol–water partition coefficient (Wildman–Crippen LogP) is 2.60. The molecule has 1 heterocycles. The zero-order chi connectivity index (χ0) is 26.8. The van der Waals surface area contributed by atoms with E-state index in [1.165, 1.54) is 19.1 Å². The van der Waals surface area contributed by atoms with Crippen molar-refractivity contribution >= 4 is 23.7 Å². The van der Waals surface area contributed by atoms with Crippen LogP contribution >= 0.6 is 0 Å². The molecule has 0 aliphatic carbocycles. The Balaban J connectivity index is 2.38. The molecule has 1 aromatic rings. The number of rotatable bonds is 8. The molecule has 1 aliphatic rings. The first-order valence-electron chi connectivity index (χ1n) is 12.9. The van der Waals surface area contributed by atoms with Gasteiger partial charge in [0.25, 0.3) is 0 Å². The van der Waals surface area contributed by atoms with Gasteiger partial charge in [-0.1, -0.05) is 59.1 Å². The van der Waals surface area contributed by atoms with E-state index in [-0.39, 0.29) is 30.4 Å². The van der Waals surface area contributed by atoms with Crippen LogP contribution in [-0.4, -0.2) is 53.0 Å². The number of nitrogens with one attached hydrogen (secondary N) is 3. The van der Waals surface area contributed by atoms with Crippen molar-refractivity contribution in [2.24, 2.45) is 11.8 Å².